The number of rotatable bonds is 6. The summed E-state index contributed by atoms with van der Waals surface area (Å²) in [7, 11) is 0. The van der Waals surface area contributed by atoms with Crippen molar-refractivity contribution in [2.45, 2.75) is 32.8 Å². The maximum Gasteiger partial charge on any atom is 0.267 e. The van der Waals surface area contributed by atoms with Gasteiger partial charge in [0.05, 0.1) is 5.02 Å². The van der Waals surface area contributed by atoms with Crippen LogP contribution >= 0.6 is 22.9 Å². The molecule has 2 aromatic rings. The van der Waals surface area contributed by atoms with Crippen LogP contribution in [0.1, 0.15) is 25.3 Å². The summed E-state index contributed by atoms with van der Waals surface area (Å²) in [5.41, 5.74) is 0. The number of hydrogen-bond donors (Lipinski definition) is 1. The number of nitrogens with one attached hydrogen (secondary N) is 1. The second-order valence-corrected chi connectivity index (χ2v) is 5.76. The molecule has 0 aliphatic rings. The van der Waals surface area contributed by atoms with E-state index in [4.69, 9.17) is 16.3 Å². The maximum atomic E-state index is 12.2. The van der Waals surface area contributed by atoms with E-state index >= 15 is 0 Å². The van der Waals surface area contributed by atoms with Gasteiger partial charge in [-0.3, -0.25) is 10.1 Å². The van der Waals surface area contributed by atoms with E-state index in [0.717, 1.165) is 11.4 Å². The van der Waals surface area contributed by atoms with E-state index in [0.29, 0.717) is 22.3 Å². The Bertz CT molecular complexity index is 618. The van der Waals surface area contributed by atoms with Crippen molar-refractivity contribution in [1.29, 1.82) is 0 Å². The number of carbonyl (C=O) groups excluding carboxylic acids is 1. The van der Waals surface area contributed by atoms with Crippen molar-refractivity contribution in [3.8, 4) is 5.75 Å². The molecule has 1 aromatic carbocycles. The number of aromatic nitrogens is 2. The smallest absolute Gasteiger partial charge is 0.267 e. The minimum Gasteiger partial charge on any atom is -0.479 e. The van der Waals surface area contributed by atoms with Gasteiger partial charge in [0.15, 0.2) is 6.10 Å². The molecule has 0 radical (unpaired) electrons. The second-order valence-electron chi connectivity index (χ2n) is 4.29. The van der Waals surface area contributed by atoms with Crippen LogP contribution in [-0.2, 0) is 11.2 Å². The largest absolute Gasteiger partial charge is 0.479 e. The lowest BCUT2D eigenvalue weighted by atomic mass is 10.2. The van der Waals surface area contributed by atoms with E-state index in [1.54, 1.807) is 12.1 Å². The van der Waals surface area contributed by atoms with E-state index < -0.39 is 6.10 Å². The van der Waals surface area contributed by atoms with Crippen LogP contribution in [0.15, 0.2) is 24.3 Å². The zero-order valence-corrected chi connectivity index (χ0v) is 13.4. The number of carbonyl (C=O) groups is 1. The topological polar surface area (TPSA) is 64.1 Å². The summed E-state index contributed by atoms with van der Waals surface area (Å²) in [6, 6.07) is 7.08. The van der Waals surface area contributed by atoms with Crippen molar-refractivity contribution in [1.82, 2.24) is 10.2 Å². The Morgan fingerprint density at radius 3 is 2.76 bits per heavy atom. The Morgan fingerprint density at radius 2 is 2.14 bits per heavy atom. The molecule has 1 heterocycles. The van der Waals surface area contributed by atoms with Crippen LogP contribution in [0.5, 0.6) is 5.75 Å². The third-order valence-corrected chi connectivity index (χ3v) is 4.06. The van der Waals surface area contributed by atoms with Gasteiger partial charge in [0.25, 0.3) is 5.91 Å². The number of aryl methyl sites for hydroxylation is 1. The molecule has 0 saturated carbocycles. The van der Waals surface area contributed by atoms with Crippen LogP contribution in [-0.4, -0.2) is 22.2 Å². The normalized spacial score (nSPS) is 12.0. The standard InChI is InChI=1S/C14H16ClN3O2S/c1-3-10(20-11-8-6-5-7-9(11)15)13(19)16-14-18-17-12(4-2)21-14/h5-8,10H,3-4H2,1-2H3,(H,16,18,19)/t10-/m1/s1. The Labute approximate surface area is 132 Å². The lowest BCUT2D eigenvalue weighted by molar-refractivity contribution is -0.122. The predicted octanol–water partition coefficient (Wildman–Crippen LogP) is 3.55. The van der Waals surface area contributed by atoms with Crippen LogP contribution in [0, 0.1) is 0 Å². The monoisotopic (exact) mass is 325 g/mol. The Hall–Kier alpha value is -1.66. The van der Waals surface area contributed by atoms with E-state index in [1.165, 1.54) is 11.3 Å². The number of amides is 1. The number of anilines is 1. The molecule has 1 aromatic heterocycles. The van der Waals surface area contributed by atoms with Gasteiger partial charge in [-0.05, 0) is 25.0 Å². The molecule has 5 nitrogen and oxygen atoms in total. The van der Waals surface area contributed by atoms with Gasteiger partial charge in [-0.2, -0.15) is 0 Å². The molecule has 0 spiro atoms. The third kappa shape index (κ3) is 4.15. The van der Waals surface area contributed by atoms with Crippen LogP contribution in [0.4, 0.5) is 5.13 Å². The first kappa shape index (κ1) is 15.7. The molecule has 0 aliphatic carbocycles. The van der Waals surface area contributed by atoms with Gasteiger partial charge in [-0.1, -0.05) is 48.9 Å². The Kier molecular flexibility index (Phi) is 5.52. The highest BCUT2D eigenvalue weighted by Crippen LogP contribution is 2.25. The van der Waals surface area contributed by atoms with Crippen LogP contribution in [0.2, 0.25) is 5.02 Å². The van der Waals surface area contributed by atoms with Crippen molar-refractivity contribution in [2.75, 3.05) is 5.32 Å². The number of nitrogens with zero attached hydrogens (tertiary/aromatic N) is 2. The van der Waals surface area contributed by atoms with E-state index in [2.05, 4.69) is 15.5 Å². The number of hydrogen-bond acceptors (Lipinski definition) is 5. The molecule has 0 unspecified atom stereocenters. The van der Waals surface area contributed by atoms with E-state index in [-0.39, 0.29) is 5.91 Å². The summed E-state index contributed by atoms with van der Waals surface area (Å²) in [5, 5.41) is 12.5. The lowest BCUT2D eigenvalue weighted by Gasteiger charge is -2.17. The summed E-state index contributed by atoms with van der Waals surface area (Å²) in [6.45, 7) is 3.86. The Morgan fingerprint density at radius 1 is 1.38 bits per heavy atom. The third-order valence-electron chi connectivity index (χ3n) is 2.77. The maximum absolute atomic E-state index is 12.2. The highest BCUT2D eigenvalue weighted by atomic mass is 35.5. The second kappa shape index (κ2) is 7.38. The fraction of sp³-hybridized carbons (Fsp3) is 0.357. The van der Waals surface area contributed by atoms with E-state index in [1.807, 2.05) is 26.0 Å². The summed E-state index contributed by atoms with van der Waals surface area (Å²) in [6.07, 6.45) is 0.691. The number of halogens is 1. The molecular weight excluding hydrogens is 310 g/mol. The van der Waals surface area contributed by atoms with Crippen molar-refractivity contribution < 1.29 is 9.53 Å². The zero-order valence-electron chi connectivity index (χ0n) is 11.8. The molecule has 0 saturated heterocycles. The van der Waals surface area contributed by atoms with Gasteiger partial charge in [-0.25, -0.2) is 0 Å². The summed E-state index contributed by atoms with van der Waals surface area (Å²) < 4.78 is 5.67. The van der Waals surface area contributed by atoms with Gasteiger partial charge in [-0.15, -0.1) is 10.2 Å². The average molecular weight is 326 g/mol. The number of ether oxygens (including phenoxy) is 1. The highest BCUT2D eigenvalue weighted by Gasteiger charge is 2.20. The lowest BCUT2D eigenvalue weighted by Crippen LogP contribution is -2.32. The predicted molar refractivity (Wildman–Crippen MR) is 84.1 cm³/mol. The van der Waals surface area contributed by atoms with Gasteiger partial charge >= 0.3 is 0 Å². The zero-order chi connectivity index (χ0) is 15.2. The van der Waals surface area contributed by atoms with Gasteiger partial charge in [0, 0.05) is 0 Å². The molecule has 1 atom stereocenters. The van der Waals surface area contributed by atoms with Crippen molar-refractivity contribution >= 4 is 34.0 Å². The first-order valence-corrected chi connectivity index (χ1v) is 7.87. The first-order chi connectivity index (χ1) is 10.1. The highest BCUT2D eigenvalue weighted by molar-refractivity contribution is 7.15. The number of para-hydroxylation sites is 1. The van der Waals surface area contributed by atoms with Crippen molar-refractivity contribution in [3.63, 3.8) is 0 Å². The molecule has 21 heavy (non-hydrogen) atoms. The Balaban J connectivity index is 2.03. The van der Waals surface area contributed by atoms with Gasteiger partial charge < -0.3 is 4.74 Å². The average Bonchev–Trinajstić information content (AvgIpc) is 2.94. The summed E-state index contributed by atoms with van der Waals surface area (Å²) in [4.78, 5) is 12.2. The van der Waals surface area contributed by atoms with Crippen LogP contribution in [0.3, 0.4) is 0 Å². The summed E-state index contributed by atoms with van der Waals surface area (Å²) >= 11 is 7.40. The molecule has 0 aliphatic heterocycles. The van der Waals surface area contributed by atoms with Crippen LogP contribution < -0.4 is 10.1 Å². The van der Waals surface area contributed by atoms with Gasteiger partial charge in [0.1, 0.15) is 10.8 Å². The van der Waals surface area contributed by atoms with Crippen molar-refractivity contribution in [3.05, 3.63) is 34.3 Å². The fourth-order valence-corrected chi connectivity index (χ4v) is 2.51. The molecule has 7 heteroatoms. The summed E-state index contributed by atoms with van der Waals surface area (Å²) in [5.74, 6) is 0.240. The van der Waals surface area contributed by atoms with E-state index in [9.17, 15) is 4.79 Å². The number of benzene rings is 1. The van der Waals surface area contributed by atoms with Gasteiger partial charge in [0.2, 0.25) is 5.13 Å². The molecule has 1 N–H and O–H groups in total. The molecule has 2 rings (SSSR count). The minimum atomic E-state index is -0.626. The van der Waals surface area contributed by atoms with Crippen molar-refractivity contribution in [2.24, 2.45) is 0 Å². The van der Waals surface area contributed by atoms with Crippen LogP contribution in [0.25, 0.3) is 0 Å². The SMILES string of the molecule is CCc1nnc(NC(=O)[C@@H](CC)Oc2ccccc2Cl)s1. The minimum absolute atomic E-state index is 0.253. The molecular formula is C14H16ClN3O2S. The fourth-order valence-electron chi connectivity index (χ4n) is 1.65. The quantitative estimate of drug-likeness (QED) is 0.882. The molecule has 112 valence electrons. The molecule has 1 amide bonds. The molecule has 0 bridgehead atoms. The molecule has 0 fully saturated rings. The first-order valence-electron chi connectivity index (χ1n) is 6.68.